The third-order valence-corrected chi connectivity index (χ3v) is 3.31. The summed E-state index contributed by atoms with van der Waals surface area (Å²) in [6.07, 6.45) is 2.50. The number of Topliss-reactive ketones (excluding diaryl/α,β-unsaturated/α-hetero) is 1. The number of nitrogens with one attached hydrogen (secondary N) is 1. The molecule has 0 amide bonds. The molecule has 2 rings (SSSR count). The topological polar surface area (TPSA) is 45.3 Å². The number of aryl methyl sites for hydroxylation is 2. The maximum atomic E-state index is 12.1. The molecule has 2 heterocycles. The fourth-order valence-corrected chi connectivity index (χ4v) is 2.30. The number of rotatable bonds is 4. The molecule has 0 aromatic carbocycles. The second-order valence-corrected chi connectivity index (χ2v) is 4.60. The van der Waals surface area contributed by atoms with E-state index in [1.165, 1.54) is 0 Å². The second kappa shape index (κ2) is 5.47. The zero-order chi connectivity index (χ0) is 12.3. The predicted molar refractivity (Wildman–Crippen MR) is 66.5 cm³/mol. The highest BCUT2D eigenvalue weighted by Gasteiger charge is 2.16. The summed E-state index contributed by atoms with van der Waals surface area (Å²) in [5.41, 5.74) is 2.90. The first-order valence-electron chi connectivity index (χ1n) is 6.16. The van der Waals surface area contributed by atoms with Gasteiger partial charge in [-0.3, -0.25) is 9.69 Å². The first kappa shape index (κ1) is 12.3. The Hall–Kier alpha value is -1.13. The minimum absolute atomic E-state index is 0.243. The van der Waals surface area contributed by atoms with Crippen LogP contribution in [0.1, 0.15) is 28.0 Å². The van der Waals surface area contributed by atoms with Gasteiger partial charge in [0.15, 0.2) is 5.78 Å². The molecule has 1 aliphatic rings. The van der Waals surface area contributed by atoms with Crippen LogP contribution in [0, 0.1) is 13.8 Å². The molecule has 94 valence electrons. The summed E-state index contributed by atoms with van der Waals surface area (Å²) in [6, 6.07) is 0. The van der Waals surface area contributed by atoms with Crippen molar-refractivity contribution in [3.8, 4) is 0 Å². The van der Waals surface area contributed by atoms with E-state index < -0.39 is 0 Å². The van der Waals surface area contributed by atoms with Gasteiger partial charge >= 0.3 is 0 Å². The maximum absolute atomic E-state index is 12.1. The molecule has 0 spiro atoms. The third-order valence-electron chi connectivity index (χ3n) is 3.31. The van der Waals surface area contributed by atoms with E-state index in [1.807, 2.05) is 20.0 Å². The highest BCUT2D eigenvalue weighted by Crippen LogP contribution is 2.14. The normalized spacial score (nSPS) is 17.3. The van der Waals surface area contributed by atoms with Gasteiger partial charge in [0.2, 0.25) is 0 Å². The Labute approximate surface area is 102 Å². The third kappa shape index (κ3) is 2.96. The van der Waals surface area contributed by atoms with Crippen molar-refractivity contribution < 1.29 is 9.53 Å². The van der Waals surface area contributed by atoms with E-state index in [1.54, 1.807) is 0 Å². The second-order valence-electron chi connectivity index (χ2n) is 4.60. The first-order chi connectivity index (χ1) is 8.18. The summed E-state index contributed by atoms with van der Waals surface area (Å²) >= 11 is 0. The molecular formula is C13H20N2O2. The summed E-state index contributed by atoms with van der Waals surface area (Å²) in [7, 11) is 0. The van der Waals surface area contributed by atoms with Crippen LogP contribution in [0.4, 0.5) is 0 Å². The van der Waals surface area contributed by atoms with Crippen LogP contribution in [-0.2, 0) is 4.74 Å². The Kier molecular flexibility index (Phi) is 3.97. The lowest BCUT2D eigenvalue weighted by Gasteiger charge is -2.26. The standard InChI is InChI=1S/C13H20N2O2/c1-10-9-14-11(2)13(10)12(16)3-4-15-5-7-17-8-6-15/h9,14H,3-8H2,1-2H3. The largest absolute Gasteiger partial charge is 0.379 e. The van der Waals surface area contributed by atoms with E-state index in [2.05, 4.69) is 9.88 Å². The summed E-state index contributed by atoms with van der Waals surface area (Å²) in [4.78, 5) is 17.5. The van der Waals surface area contributed by atoms with Gasteiger partial charge in [-0.05, 0) is 19.4 Å². The Morgan fingerprint density at radius 2 is 2.12 bits per heavy atom. The molecule has 1 aromatic heterocycles. The van der Waals surface area contributed by atoms with Crippen LogP contribution in [0.5, 0.6) is 0 Å². The number of ether oxygens (including phenoxy) is 1. The molecule has 4 heteroatoms. The number of nitrogens with zero attached hydrogens (tertiary/aromatic N) is 1. The van der Waals surface area contributed by atoms with Crippen LogP contribution in [-0.4, -0.2) is 48.5 Å². The molecule has 1 aliphatic heterocycles. The predicted octanol–water partition coefficient (Wildman–Crippen LogP) is 1.54. The first-order valence-corrected chi connectivity index (χ1v) is 6.16. The highest BCUT2D eigenvalue weighted by molar-refractivity contribution is 5.98. The lowest BCUT2D eigenvalue weighted by atomic mass is 10.0. The zero-order valence-electron chi connectivity index (χ0n) is 10.6. The van der Waals surface area contributed by atoms with Crippen molar-refractivity contribution in [2.75, 3.05) is 32.8 Å². The van der Waals surface area contributed by atoms with E-state index in [0.29, 0.717) is 6.42 Å². The van der Waals surface area contributed by atoms with Gasteiger partial charge in [0.25, 0.3) is 0 Å². The molecule has 1 N–H and O–H groups in total. The molecule has 1 aromatic rings. The van der Waals surface area contributed by atoms with Crippen molar-refractivity contribution in [1.29, 1.82) is 0 Å². The lowest BCUT2D eigenvalue weighted by molar-refractivity contribution is 0.0370. The van der Waals surface area contributed by atoms with Crippen molar-refractivity contribution in [3.05, 3.63) is 23.0 Å². The van der Waals surface area contributed by atoms with Crippen LogP contribution >= 0.6 is 0 Å². The highest BCUT2D eigenvalue weighted by atomic mass is 16.5. The van der Waals surface area contributed by atoms with Crippen LogP contribution in [0.3, 0.4) is 0 Å². The van der Waals surface area contributed by atoms with Crippen molar-refractivity contribution in [2.45, 2.75) is 20.3 Å². The van der Waals surface area contributed by atoms with Gasteiger partial charge < -0.3 is 9.72 Å². The fraction of sp³-hybridized carbons (Fsp3) is 0.615. The molecular weight excluding hydrogens is 216 g/mol. The van der Waals surface area contributed by atoms with Crippen molar-refractivity contribution in [3.63, 3.8) is 0 Å². The van der Waals surface area contributed by atoms with Crippen LogP contribution in [0.15, 0.2) is 6.20 Å². The summed E-state index contributed by atoms with van der Waals surface area (Å²) < 4.78 is 5.29. The van der Waals surface area contributed by atoms with Gasteiger partial charge in [0.1, 0.15) is 0 Å². The smallest absolute Gasteiger partial charge is 0.166 e. The van der Waals surface area contributed by atoms with E-state index in [-0.39, 0.29) is 5.78 Å². The van der Waals surface area contributed by atoms with E-state index in [9.17, 15) is 4.79 Å². The molecule has 0 radical (unpaired) electrons. The molecule has 0 atom stereocenters. The summed E-state index contributed by atoms with van der Waals surface area (Å²) in [5, 5.41) is 0. The maximum Gasteiger partial charge on any atom is 0.166 e. The number of H-pyrrole nitrogens is 1. The van der Waals surface area contributed by atoms with Gasteiger partial charge in [0.05, 0.1) is 13.2 Å². The summed E-state index contributed by atoms with van der Waals surface area (Å²) in [5.74, 6) is 0.243. The van der Waals surface area contributed by atoms with Crippen LogP contribution < -0.4 is 0 Å². The van der Waals surface area contributed by atoms with E-state index >= 15 is 0 Å². The van der Waals surface area contributed by atoms with E-state index in [4.69, 9.17) is 4.74 Å². The number of carbonyl (C=O) groups excluding carboxylic acids is 1. The monoisotopic (exact) mass is 236 g/mol. The Morgan fingerprint density at radius 1 is 1.41 bits per heavy atom. The van der Waals surface area contributed by atoms with Gasteiger partial charge in [-0.1, -0.05) is 0 Å². The molecule has 1 saturated heterocycles. The van der Waals surface area contributed by atoms with Crippen LogP contribution in [0.2, 0.25) is 0 Å². The molecule has 0 saturated carbocycles. The minimum atomic E-state index is 0.243. The zero-order valence-corrected chi connectivity index (χ0v) is 10.6. The minimum Gasteiger partial charge on any atom is -0.379 e. The van der Waals surface area contributed by atoms with Gasteiger partial charge in [-0.15, -0.1) is 0 Å². The molecule has 0 aliphatic carbocycles. The number of aromatic nitrogens is 1. The van der Waals surface area contributed by atoms with E-state index in [0.717, 1.165) is 49.7 Å². The number of hydrogen-bond donors (Lipinski definition) is 1. The van der Waals surface area contributed by atoms with Gasteiger partial charge in [0, 0.05) is 43.5 Å². The average Bonchev–Trinajstić information content (AvgIpc) is 2.67. The molecule has 4 nitrogen and oxygen atoms in total. The molecule has 0 bridgehead atoms. The molecule has 0 unspecified atom stereocenters. The Balaban J connectivity index is 1.89. The molecule has 17 heavy (non-hydrogen) atoms. The number of carbonyl (C=O) groups is 1. The SMILES string of the molecule is Cc1c[nH]c(C)c1C(=O)CCN1CCOCC1. The number of hydrogen-bond acceptors (Lipinski definition) is 3. The van der Waals surface area contributed by atoms with Gasteiger partial charge in [-0.2, -0.15) is 0 Å². The fourth-order valence-electron chi connectivity index (χ4n) is 2.30. The van der Waals surface area contributed by atoms with Crippen molar-refractivity contribution >= 4 is 5.78 Å². The number of morpholine rings is 1. The van der Waals surface area contributed by atoms with Crippen molar-refractivity contribution in [2.24, 2.45) is 0 Å². The Bertz CT molecular complexity index is 373. The average molecular weight is 236 g/mol. The number of aromatic amines is 1. The lowest BCUT2D eigenvalue weighted by Crippen LogP contribution is -2.37. The van der Waals surface area contributed by atoms with Gasteiger partial charge in [-0.25, -0.2) is 0 Å². The number of ketones is 1. The quantitative estimate of drug-likeness (QED) is 0.806. The Morgan fingerprint density at radius 3 is 2.71 bits per heavy atom. The summed E-state index contributed by atoms with van der Waals surface area (Å²) in [6.45, 7) is 8.23. The molecule has 1 fully saturated rings. The van der Waals surface area contributed by atoms with Crippen molar-refractivity contribution in [1.82, 2.24) is 9.88 Å². The van der Waals surface area contributed by atoms with Crippen LogP contribution in [0.25, 0.3) is 0 Å².